The molecule has 90 valence electrons. The largest absolute Gasteiger partial charge is 0.294 e. The topological polar surface area (TPSA) is 17.1 Å². The van der Waals surface area contributed by atoms with Gasteiger partial charge >= 0.3 is 0 Å². The van der Waals surface area contributed by atoms with Gasteiger partial charge in [0.25, 0.3) is 0 Å². The molecule has 0 saturated carbocycles. The zero-order valence-corrected chi connectivity index (χ0v) is 10.4. The molecule has 1 aliphatic carbocycles. The van der Waals surface area contributed by atoms with Crippen molar-refractivity contribution in [1.29, 1.82) is 0 Å². The van der Waals surface area contributed by atoms with Crippen molar-refractivity contribution in [1.82, 2.24) is 0 Å². The van der Waals surface area contributed by atoms with Crippen LogP contribution in [0.3, 0.4) is 0 Å². The van der Waals surface area contributed by atoms with Crippen LogP contribution in [-0.4, -0.2) is 5.78 Å². The fourth-order valence-corrected chi connectivity index (χ4v) is 2.64. The summed E-state index contributed by atoms with van der Waals surface area (Å²) in [5.41, 5.74) is 4.80. The Morgan fingerprint density at radius 2 is 1.72 bits per heavy atom. The molecule has 0 N–H and O–H groups in total. The fraction of sp³-hybridized carbons (Fsp3) is 0.235. The van der Waals surface area contributed by atoms with E-state index in [1.165, 1.54) is 16.7 Å². The van der Waals surface area contributed by atoms with E-state index in [-0.39, 0.29) is 0 Å². The quantitative estimate of drug-likeness (QED) is 0.775. The summed E-state index contributed by atoms with van der Waals surface area (Å²) in [5.74, 6) is 0.308. The lowest BCUT2D eigenvalue weighted by molar-refractivity contribution is 0.0972. The van der Waals surface area contributed by atoms with E-state index in [9.17, 15) is 4.79 Å². The second kappa shape index (κ2) is 4.77. The van der Waals surface area contributed by atoms with Gasteiger partial charge < -0.3 is 0 Å². The van der Waals surface area contributed by atoms with Crippen LogP contribution in [0.25, 0.3) is 0 Å². The van der Waals surface area contributed by atoms with E-state index in [2.05, 4.69) is 36.4 Å². The Balaban J connectivity index is 1.89. The van der Waals surface area contributed by atoms with E-state index >= 15 is 0 Å². The molecule has 0 amide bonds. The van der Waals surface area contributed by atoms with Crippen molar-refractivity contribution < 1.29 is 4.79 Å². The maximum atomic E-state index is 11.8. The standard InChI is InChI=1S/C17H16O/c18-17-8-4-7-15-12-14(9-10-16(15)17)11-13-5-2-1-3-6-13/h1-3,5-6,9-10,12H,4,7-8,11H2. The van der Waals surface area contributed by atoms with Crippen molar-refractivity contribution in [2.75, 3.05) is 0 Å². The van der Waals surface area contributed by atoms with Crippen molar-refractivity contribution in [3.63, 3.8) is 0 Å². The van der Waals surface area contributed by atoms with Gasteiger partial charge in [-0.15, -0.1) is 0 Å². The van der Waals surface area contributed by atoms with Crippen LogP contribution in [-0.2, 0) is 12.8 Å². The number of carbonyl (C=O) groups is 1. The summed E-state index contributed by atoms with van der Waals surface area (Å²) < 4.78 is 0. The Hall–Kier alpha value is -1.89. The Kier molecular flexibility index (Phi) is 2.97. The minimum atomic E-state index is 0.308. The molecule has 2 aromatic rings. The molecule has 0 aromatic heterocycles. The van der Waals surface area contributed by atoms with Gasteiger partial charge in [0.15, 0.2) is 5.78 Å². The molecule has 18 heavy (non-hydrogen) atoms. The molecule has 0 atom stereocenters. The molecule has 2 aromatic carbocycles. The fourth-order valence-electron chi connectivity index (χ4n) is 2.64. The van der Waals surface area contributed by atoms with Gasteiger partial charge in [0.1, 0.15) is 0 Å². The zero-order valence-electron chi connectivity index (χ0n) is 10.4. The lowest BCUT2D eigenvalue weighted by Gasteiger charge is -2.15. The molecule has 0 aliphatic heterocycles. The monoisotopic (exact) mass is 236 g/mol. The molecule has 0 spiro atoms. The first-order chi connectivity index (χ1) is 8.83. The second-order valence-electron chi connectivity index (χ2n) is 4.93. The molecule has 0 heterocycles. The van der Waals surface area contributed by atoms with E-state index in [0.717, 1.165) is 24.8 Å². The average Bonchev–Trinajstić information content (AvgIpc) is 2.40. The first-order valence-corrected chi connectivity index (χ1v) is 6.52. The van der Waals surface area contributed by atoms with Crippen molar-refractivity contribution >= 4 is 5.78 Å². The number of ketones is 1. The first-order valence-electron chi connectivity index (χ1n) is 6.52. The molecule has 0 fully saturated rings. The van der Waals surface area contributed by atoms with Crippen molar-refractivity contribution in [2.24, 2.45) is 0 Å². The van der Waals surface area contributed by atoms with E-state index in [1.54, 1.807) is 0 Å². The van der Waals surface area contributed by atoms with Gasteiger partial charge in [-0.3, -0.25) is 4.79 Å². The third-order valence-corrected chi connectivity index (χ3v) is 3.57. The summed E-state index contributed by atoms with van der Waals surface area (Å²) in [6, 6.07) is 16.8. The van der Waals surface area contributed by atoms with Crippen LogP contribution in [0.15, 0.2) is 48.5 Å². The minimum Gasteiger partial charge on any atom is -0.294 e. The highest BCUT2D eigenvalue weighted by Crippen LogP contribution is 2.23. The van der Waals surface area contributed by atoms with Gasteiger partial charge in [-0.2, -0.15) is 0 Å². The lowest BCUT2D eigenvalue weighted by Crippen LogP contribution is -2.11. The normalized spacial score (nSPS) is 14.3. The highest BCUT2D eigenvalue weighted by atomic mass is 16.1. The highest BCUT2D eigenvalue weighted by Gasteiger charge is 2.16. The molecule has 0 radical (unpaired) electrons. The van der Waals surface area contributed by atoms with Gasteiger partial charge in [-0.25, -0.2) is 0 Å². The third-order valence-electron chi connectivity index (χ3n) is 3.57. The SMILES string of the molecule is O=C1CCCc2cc(Cc3ccccc3)ccc21. The van der Waals surface area contributed by atoms with Crippen LogP contribution in [0, 0.1) is 0 Å². The average molecular weight is 236 g/mol. The number of hydrogen-bond acceptors (Lipinski definition) is 1. The van der Waals surface area contributed by atoms with Gasteiger partial charge in [0.2, 0.25) is 0 Å². The molecule has 0 bridgehead atoms. The summed E-state index contributed by atoms with van der Waals surface area (Å²) in [6.07, 6.45) is 3.71. The van der Waals surface area contributed by atoms with Crippen molar-refractivity contribution in [3.8, 4) is 0 Å². The molecule has 1 nitrogen and oxygen atoms in total. The number of fused-ring (bicyclic) bond motifs is 1. The summed E-state index contributed by atoms with van der Waals surface area (Å²) in [6.45, 7) is 0. The second-order valence-corrected chi connectivity index (χ2v) is 4.93. The van der Waals surface area contributed by atoms with Gasteiger partial charge in [-0.1, -0.05) is 48.5 Å². The molecular formula is C17H16O. The number of Topliss-reactive ketones (excluding diaryl/α,β-unsaturated/α-hetero) is 1. The predicted octanol–water partition coefficient (Wildman–Crippen LogP) is 3.80. The van der Waals surface area contributed by atoms with Crippen LogP contribution >= 0.6 is 0 Å². The van der Waals surface area contributed by atoms with Crippen LogP contribution < -0.4 is 0 Å². The number of rotatable bonds is 2. The Bertz CT molecular complexity index is 569. The number of carbonyl (C=O) groups excluding carboxylic acids is 1. The van der Waals surface area contributed by atoms with Crippen molar-refractivity contribution in [3.05, 3.63) is 70.8 Å². The number of hydrogen-bond donors (Lipinski definition) is 0. The summed E-state index contributed by atoms with van der Waals surface area (Å²) in [7, 11) is 0. The molecule has 0 saturated heterocycles. The molecule has 0 unspecified atom stereocenters. The van der Waals surface area contributed by atoms with Crippen molar-refractivity contribution in [2.45, 2.75) is 25.7 Å². The molecule has 1 aliphatic rings. The number of aryl methyl sites for hydroxylation is 1. The molecule has 3 rings (SSSR count). The smallest absolute Gasteiger partial charge is 0.163 e. The van der Waals surface area contributed by atoms with E-state index in [0.29, 0.717) is 12.2 Å². The van der Waals surface area contributed by atoms with E-state index in [4.69, 9.17) is 0 Å². The van der Waals surface area contributed by atoms with E-state index < -0.39 is 0 Å². The summed E-state index contributed by atoms with van der Waals surface area (Å²) in [5, 5.41) is 0. The minimum absolute atomic E-state index is 0.308. The Labute approximate surface area is 107 Å². The van der Waals surface area contributed by atoms with Crippen LogP contribution in [0.1, 0.15) is 39.9 Å². The zero-order chi connectivity index (χ0) is 12.4. The van der Waals surface area contributed by atoms with Crippen LogP contribution in [0.4, 0.5) is 0 Å². The number of benzene rings is 2. The summed E-state index contributed by atoms with van der Waals surface area (Å²) in [4.78, 5) is 11.8. The van der Waals surface area contributed by atoms with Gasteiger partial charge in [0, 0.05) is 12.0 Å². The van der Waals surface area contributed by atoms with Crippen LogP contribution in [0.2, 0.25) is 0 Å². The Morgan fingerprint density at radius 1 is 0.889 bits per heavy atom. The van der Waals surface area contributed by atoms with Gasteiger partial charge in [0.05, 0.1) is 0 Å². The molecule has 1 heteroatoms. The van der Waals surface area contributed by atoms with Crippen LogP contribution in [0.5, 0.6) is 0 Å². The highest BCUT2D eigenvalue weighted by molar-refractivity contribution is 5.98. The van der Waals surface area contributed by atoms with E-state index in [1.807, 2.05) is 12.1 Å². The third kappa shape index (κ3) is 2.21. The van der Waals surface area contributed by atoms with Gasteiger partial charge in [-0.05, 0) is 36.0 Å². The maximum absolute atomic E-state index is 11.8. The maximum Gasteiger partial charge on any atom is 0.163 e. The summed E-state index contributed by atoms with van der Waals surface area (Å²) >= 11 is 0. The predicted molar refractivity (Wildman–Crippen MR) is 73.0 cm³/mol. The first kappa shape index (κ1) is 11.2. The molecular weight excluding hydrogens is 220 g/mol. The lowest BCUT2D eigenvalue weighted by atomic mass is 9.88. The Morgan fingerprint density at radius 3 is 2.56 bits per heavy atom.